The van der Waals surface area contributed by atoms with E-state index in [-0.39, 0.29) is 10.7 Å². The second kappa shape index (κ2) is 5.20. The van der Waals surface area contributed by atoms with Gasteiger partial charge in [-0.2, -0.15) is 0 Å². The molecule has 18 heavy (non-hydrogen) atoms. The first-order chi connectivity index (χ1) is 8.49. The number of carbonyl (C=O) groups is 1. The molecule has 0 saturated heterocycles. The number of Topliss-reactive ketones (excluding diaryl/α,β-unsaturated/α-hetero) is 1. The minimum Gasteiger partial charge on any atom is -0.298 e. The van der Waals surface area contributed by atoms with E-state index in [4.69, 9.17) is 0 Å². The molecular formula is C13H17NO3S. The third kappa shape index (κ3) is 2.97. The van der Waals surface area contributed by atoms with E-state index >= 15 is 0 Å². The Morgan fingerprint density at radius 2 is 1.83 bits per heavy atom. The Labute approximate surface area is 107 Å². The molecule has 0 radical (unpaired) electrons. The molecule has 0 heterocycles. The lowest BCUT2D eigenvalue weighted by molar-refractivity contribution is -0.122. The maximum atomic E-state index is 12.1. The van der Waals surface area contributed by atoms with Crippen LogP contribution in [0.1, 0.15) is 31.2 Å². The highest BCUT2D eigenvalue weighted by molar-refractivity contribution is 7.89. The van der Waals surface area contributed by atoms with Gasteiger partial charge in [0.15, 0.2) is 5.78 Å². The Morgan fingerprint density at radius 3 is 2.44 bits per heavy atom. The summed E-state index contributed by atoms with van der Waals surface area (Å²) in [6.45, 7) is 1.90. The van der Waals surface area contributed by atoms with E-state index in [0.717, 1.165) is 18.4 Å². The van der Waals surface area contributed by atoms with Crippen molar-refractivity contribution in [3.8, 4) is 0 Å². The number of ketones is 1. The molecule has 0 amide bonds. The number of rotatable bonds is 3. The normalized spacial score (nSPS) is 20.9. The molecule has 5 heteroatoms. The molecule has 0 bridgehead atoms. The molecule has 1 aromatic carbocycles. The Balaban J connectivity index is 2.16. The summed E-state index contributed by atoms with van der Waals surface area (Å²) < 4.78 is 26.7. The smallest absolute Gasteiger partial charge is 0.241 e. The second-order valence-electron chi connectivity index (χ2n) is 4.70. The second-order valence-corrected chi connectivity index (χ2v) is 6.41. The summed E-state index contributed by atoms with van der Waals surface area (Å²) in [5.41, 5.74) is 1.00. The maximum Gasteiger partial charge on any atom is 0.241 e. The number of hydrogen-bond acceptors (Lipinski definition) is 3. The van der Waals surface area contributed by atoms with E-state index in [2.05, 4.69) is 4.72 Å². The van der Waals surface area contributed by atoms with E-state index in [1.807, 2.05) is 6.92 Å². The summed E-state index contributed by atoms with van der Waals surface area (Å²) in [4.78, 5) is 11.8. The van der Waals surface area contributed by atoms with Gasteiger partial charge in [0.2, 0.25) is 10.0 Å². The third-order valence-electron chi connectivity index (χ3n) is 3.18. The van der Waals surface area contributed by atoms with Gasteiger partial charge in [-0.15, -0.1) is 0 Å². The Morgan fingerprint density at radius 1 is 1.17 bits per heavy atom. The van der Waals surface area contributed by atoms with Gasteiger partial charge in [-0.3, -0.25) is 4.79 Å². The zero-order chi connectivity index (χ0) is 13.2. The molecule has 0 aliphatic heterocycles. The van der Waals surface area contributed by atoms with Gasteiger partial charge in [0.1, 0.15) is 0 Å². The molecule has 1 aliphatic rings. The lowest BCUT2D eigenvalue weighted by atomic mass is 9.95. The number of hydrogen-bond donors (Lipinski definition) is 1. The van der Waals surface area contributed by atoms with Gasteiger partial charge in [0.25, 0.3) is 0 Å². The van der Waals surface area contributed by atoms with Gasteiger partial charge in [-0.25, -0.2) is 13.1 Å². The van der Waals surface area contributed by atoms with Crippen LogP contribution in [0.4, 0.5) is 0 Å². The molecule has 4 nitrogen and oxygen atoms in total. The Hall–Kier alpha value is -1.20. The van der Waals surface area contributed by atoms with Gasteiger partial charge in [-0.1, -0.05) is 24.1 Å². The van der Waals surface area contributed by atoms with Crippen LogP contribution in [0.5, 0.6) is 0 Å². The predicted molar refractivity (Wildman–Crippen MR) is 68.8 cm³/mol. The fourth-order valence-corrected chi connectivity index (χ4v) is 3.33. The van der Waals surface area contributed by atoms with Crippen molar-refractivity contribution >= 4 is 15.8 Å². The van der Waals surface area contributed by atoms with Crippen LogP contribution in [0.25, 0.3) is 0 Å². The number of carbonyl (C=O) groups excluding carboxylic acids is 1. The molecule has 1 unspecified atom stereocenters. The predicted octanol–water partition coefficient (Wildman–Crippen LogP) is 1.79. The maximum absolute atomic E-state index is 12.1. The van der Waals surface area contributed by atoms with Crippen LogP contribution in [-0.4, -0.2) is 20.2 Å². The van der Waals surface area contributed by atoms with Crippen LogP contribution in [0.15, 0.2) is 29.2 Å². The molecule has 1 aromatic rings. The number of aryl methyl sites for hydroxylation is 1. The first kappa shape index (κ1) is 13.2. The Bertz CT molecular complexity index is 534. The van der Waals surface area contributed by atoms with Crippen molar-refractivity contribution in [1.29, 1.82) is 0 Å². The zero-order valence-electron chi connectivity index (χ0n) is 10.3. The van der Waals surface area contributed by atoms with Crippen LogP contribution in [-0.2, 0) is 14.8 Å². The molecule has 1 N–H and O–H groups in total. The highest BCUT2D eigenvalue weighted by atomic mass is 32.2. The van der Waals surface area contributed by atoms with Gasteiger partial charge in [0.05, 0.1) is 10.9 Å². The number of sulfonamides is 1. The summed E-state index contributed by atoms with van der Waals surface area (Å²) in [5.74, 6) is -0.00284. The zero-order valence-corrected chi connectivity index (χ0v) is 11.2. The van der Waals surface area contributed by atoms with E-state index in [0.29, 0.717) is 12.8 Å². The quantitative estimate of drug-likeness (QED) is 0.908. The third-order valence-corrected chi connectivity index (χ3v) is 4.67. The molecule has 1 atom stereocenters. The minimum absolute atomic E-state index is 0.00284. The molecule has 1 saturated carbocycles. The topological polar surface area (TPSA) is 63.2 Å². The number of benzene rings is 1. The van der Waals surface area contributed by atoms with Crippen LogP contribution >= 0.6 is 0 Å². The van der Waals surface area contributed by atoms with Gasteiger partial charge < -0.3 is 0 Å². The summed E-state index contributed by atoms with van der Waals surface area (Å²) in [5, 5.41) is 0. The van der Waals surface area contributed by atoms with Crippen molar-refractivity contribution in [2.45, 2.75) is 43.5 Å². The lowest BCUT2D eigenvalue weighted by Gasteiger charge is -2.21. The van der Waals surface area contributed by atoms with Crippen molar-refractivity contribution in [2.75, 3.05) is 0 Å². The summed E-state index contributed by atoms with van der Waals surface area (Å²) in [6.07, 6.45) is 2.83. The highest BCUT2D eigenvalue weighted by Gasteiger charge is 2.27. The SMILES string of the molecule is Cc1ccc(S(=O)(=O)NC2CCCCC2=O)cc1. The van der Waals surface area contributed by atoms with E-state index < -0.39 is 16.1 Å². The number of nitrogens with one attached hydrogen (secondary N) is 1. The summed E-state index contributed by atoms with van der Waals surface area (Å²) in [6, 6.07) is 6.06. The average Bonchev–Trinajstić information content (AvgIpc) is 2.32. The van der Waals surface area contributed by atoms with Crippen molar-refractivity contribution in [3.05, 3.63) is 29.8 Å². The van der Waals surface area contributed by atoms with Gasteiger partial charge >= 0.3 is 0 Å². The van der Waals surface area contributed by atoms with Crippen LogP contribution < -0.4 is 4.72 Å². The van der Waals surface area contributed by atoms with Gasteiger partial charge in [-0.05, 0) is 31.9 Å². The molecule has 0 spiro atoms. The monoisotopic (exact) mass is 267 g/mol. The minimum atomic E-state index is -3.58. The van der Waals surface area contributed by atoms with Crippen LogP contribution in [0, 0.1) is 6.92 Å². The molecule has 0 aromatic heterocycles. The molecule has 1 aliphatic carbocycles. The molecule has 1 fully saturated rings. The average molecular weight is 267 g/mol. The van der Waals surface area contributed by atoms with Gasteiger partial charge in [0, 0.05) is 6.42 Å². The van der Waals surface area contributed by atoms with Crippen molar-refractivity contribution in [2.24, 2.45) is 0 Å². The fraction of sp³-hybridized carbons (Fsp3) is 0.462. The van der Waals surface area contributed by atoms with E-state index in [1.165, 1.54) is 0 Å². The molecule has 2 rings (SSSR count). The largest absolute Gasteiger partial charge is 0.298 e. The Kier molecular flexibility index (Phi) is 3.82. The van der Waals surface area contributed by atoms with Crippen LogP contribution in [0.3, 0.4) is 0 Å². The fourth-order valence-electron chi connectivity index (χ4n) is 2.08. The molecular weight excluding hydrogens is 250 g/mol. The molecule has 98 valence electrons. The van der Waals surface area contributed by atoms with Crippen molar-refractivity contribution < 1.29 is 13.2 Å². The summed E-state index contributed by atoms with van der Waals surface area (Å²) >= 11 is 0. The highest BCUT2D eigenvalue weighted by Crippen LogP contribution is 2.17. The van der Waals surface area contributed by atoms with Crippen molar-refractivity contribution in [3.63, 3.8) is 0 Å². The lowest BCUT2D eigenvalue weighted by Crippen LogP contribution is -2.42. The van der Waals surface area contributed by atoms with Crippen LogP contribution in [0.2, 0.25) is 0 Å². The van der Waals surface area contributed by atoms with E-state index in [1.54, 1.807) is 24.3 Å². The first-order valence-electron chi connectivity index (χ1n) is 6.11. The standard InChI is InChI=1S/C13H17NO3S/c1-10-6-8-11(9-7-10)18(16,17)14-12-4-2-3-5-13(12)15/h6-9,12,14H,2-5H2,1H3. The van der Waals surface area contributed by atoms with Crippen molar-refractivity contribution in [1.82, 2.24) is 4.72 Å². The summed E-state index contributed by atoms with van der Waals surface area (Å²) in [7, 11) is -3.58. The first-order valence-corrected chi connectivity index (χ1v) is 7.59. The van der Waals surface area contributed by atoms with E-state index in [9.17, 15) is 13.2 Å².